The number of halogens is 2. The first-order chi connectivity index (χ1) is 26.1. The number of rotatable bonds is 11. The highest BCUT2D eigenvalue weighted by Gasteiger charge is 2.52. The lowest BCUT2D eigenvalue weighted by atomic mass is 9.72. The van der Waals surface area contributed by atoms with Crippen molar-refractivity contribution in [2.75, 3.05) is 53.0 Å². The zero-order chi connectivity index (χ0) is 37.6. The first-order valence-corrected chi connectivity index (χ1v) is 19.7. The molecule has 0 unspecified atom stereocenters. The monoisotopic (exact) mass is 768 g/mol. The molecule has 4 aliphatic rings. The van der Waals surface area contributed by atoms with E-state index in [1.165, 1.54) is 11.1 Å². The van der Waals surface area contributed by atoms with Gasteiger partial charge in [0.05, 0.1) is 24.7 Å². The molecule has 0 saturated carbocycles. The highest BCUT2D eigenvalue weighted by molar-refractivity contribution is 6.36. The molecular formula is C43H46Cl2N4O5. The average Bonchev–Trinajstić information content (AvgIpc) is 3.77. The summed E-state index contributed by atoms with van der Waals surface area (Å²) in [7, 11) is 1.60. The lowest BCUT2D eigenvalue weighted by molar-refractivity contribution is -0.157. The minimum Gasteiger partial charge on any atom is -0.481 e. The van der Waals surface area contributed by atoms with Gasteiger partial charge in [0.1, 0.15) is 11.1 Å². The number of aromatic nitrogens is 1. The van der Waals surface area contributed by atoms with Crippen LogP contribution in [0.1, 0.15) is 55.0 Å². The Labute approximate surface area is 327 Å². The second kappa shape index (κ2) is 15.2. The van der Waals surface area contributed by atoms with Gasteiger partial charge in [-0.05, 0) is 66.6 Å². The van der Waals surface area contributed by atoms with Gasteiger partial charge in [-0.15, -0.1) is 0 Å². The number of esters is 1. The molecule has 4 aromatic rings. The zero-order valence-corrected chi connectivity index (χ0v) is 32.6. The number of hydrogen-bond acceptors (Lipinski definition) is 8. The molecule has 1 aromatic heterocycles. The minimum absolute atomic E-state index is 0.123. The van der Waals surface area contributed by atoms with Crippen molar-refractivity contribution in [3.05, 3.63) is 99.0 Å². The molecule has 9 nitrogen and oxygen atoms in total. The van der Waals surface area contributed by atoms with Gasteiger partial charge in [-0.25, -0.2) is 0 Å². The molecule has 3 aromatic carbocycles. The number of nitrogens with zero attached hydrogens (tertiary/aromatic N) is 4. The van der Waals surface area contributed by atoms with Crippen molar-refractivity contribution in [2.45, 2.75) is 52.3 Å². The predicted molar refractivity (Wildman–Crippen MR) is 210 cm³/mol. The summed E-state index contributed by atoms with van der Waals surface area (Å²) < 4.78 is 17.5. The van der Waals surface area contributed by atoms with Gasteiger partial charge in [0.15, 0.2) is 0 Å². The van der Waals surface area contributed by atoms with Gasteiger partial charge in [-0.1, -0.05) is 83.9 Å². The van der Waals surface area contributed by atoms with E-state index in [2.05, 4.69) is 70.5 Å². The Morgan fingerprint density at radius 2 is 1.63 bits per heavy atom. The molecule has 0 N–H and O–H groups in total. The van der Waals surface area contributed by atoms with Gasteiger partial charge in [0, 0.05) is 74.8 Å². The summed E-state index contributed by atoms with van der Waals surface area (Å²) in [5.74, 6) is 0.714. The second-order valence-electron chi connectivity index (χ2n) is 15.3. The van der Waals surface area contributed by atoms with Crippen LogP contribution in [0.3, 0.4) is 0 Å². The normalized spacial score (nSPS) is 20.4. The third-order valence-electron chi connectivity index (χ3n) is 11.5. The number of carbonyl (C=O) groups excluding carboxylic acids is 2. The Morgan fingerprint density at radius 3 is 2.37 bits per heavy atom. The van der Waals surface area contributed by atoms with Crippen LogP contribution in [0.5, 0.6) is 11.8 Å². The molecule has 11 heteroatoms. The largest absolute Gasteiger partial charge is 0.481 e. The lowest BCUT2D eigenvalue weighted by Crippen LogP contribution is -2.72. The van der Waals surface area contributed by atoms with E-state index in [0.29, 0.717) is 41.9 Å². The van der Waals surface area contributed by atoms with Gasteiger partial charge in [0.25, 0.3) is 0 Å². The lowest BCUT2D eigenvalue weighted by Gasteiger charge is -2.60. The van der Waals surface area contributed by atoms with E-state index in [4.69, 9.17) is 42.4 Å². The third-order valence-corrected chi connectivity index (χ3v) is 12.2. The number of methoxy groups -OCH3 is 1. The van der Waals surface area contributed by atoms with Crippen molar-refractivity contribution < 1.29 is 23.8 Å². The Bertz CT molecular complexity index is 2060. The summed E-state index contributed by atoms with van der Waals surface area (Å²) in [6.45, 7) is 10.6. The van der Waals surface area contributed by atoms with Crippen LogP contribution in [-0.2, 0) is 33.8 Å². The molecule has 282 valence electrons. The van der Waals surface area contributed by atoms with E-state index < -0.39 is 0 Å². The van der Waals surface area contributed by atoms with Crippen molar-refractivity contribution in [3.8, 4) is 34.0 Å². The van der Waals surface area contributed by atoms with Gasteiger partial charge < -0.3 is 19.1 Å². The fraction of sp³-hybridized carbons (Fsp3) is 0.419. The summed E-state index contributed by atoms with van der Waals surface area (Å²) in [4.78, 5) is 35.2. The molecular weight excluding hydrogens is 723 g/mol. The number of ether oxygens (including phenoxy) is 3. The van der Waals surface area contributed by atoms with Crippen molar-refractivity contribution in [3.63, 3.8) is 0 Å². The van der Waals surface area contributed by atoms with Crippen LogP contribution in [0.15, 0.2) is 66.7 Å². The quantitative estimate of drug-likeness (QED) is 0.143. The summed E-state index contributed by atoms with van der Waals surface area (Å²) in [6, 6.07) is 23.2. The van der Waals surface area contributed by atoms with Gasteiger partial charge in [-0.3, -0.25) is 19.4 Å². The molecule has 0 bridgehead atoms. The van der Waals surface area contributed by atoms with E-state index in [0.717, 1.165) is 96.9 Å². The van der Waals surface area contributed by atoms with E-state index >= 15 is 0 Å². The van der Waals surface area contributed by atoms with E-state index in [-0.39, 0.29) is 23.9 Å². The number of amides is 1. The second-order valence-corrected chi connectivity index (χ2v) is 16.1. The van der Waals surface area contributed by atoms with Crippen LogP contribution in [0, 0.1) is 11.3 Å². The number of likely N-dealkylation sites (tertiary alicyclic amines) is 3. The molecule has 0 radical (unpaired) electrons. The third kappa shape index (κ3) is 7.19. The molecule has 2 atom stereocenters. The van der Waals surface area contributed by atoms with Crippen LogP contribution < -0.4 is 9.47 Å². The van der Waals surface area contributed by atoms with Crippen LogP contribution in [0.25, 0.3) is 22.3 Å². The number of carbonyl (C=O) groups is 2. The number of benzene rings is 3. The maximum absolute atomic E-state index is 12.3. The molecule has 54 heavy (non-hydrogen) atoms. The molecule has 3 aliphatic heterocycles. The smallest absolute Gasteiger partial charge is 0.310 e. The first-order valence-electron chi connectivity index (χ1n) is 18.9. The number of hydrogen-bond donors (Lipinski definition) is 0. The summed E-state index contributed by atoms with van der Waals surface area (Å²) in [5.41, 5.74) is 8.92. The SMILES string of the molecule is CCOC(=O)[C@@H]1CCN(Cc2cc(Cl)c(O[C@H]3CCc4c(-c5cccc(-c6ccc(CN7CC8(C7)CN(C(C)=O)C8)cc6)c5Cl)cccc43)nc2OC)C1. The van der Waals surface area contributed by atoms with E-state index in [1.54, 1.807) is 14.0 Å². The molecule has 3 saturated heterocycles. The van der Waals surface area contributed by atoms with Crippen molar-refractivity contribution in [1.82, 2.24) is 19.7 Å². The molecule has 1 spiro atoms. The fourth-order valence-corrected chi connectivity index (χ4v) is 9.43. The number of fused-ring (bicyclic) bond motifs is 1. The van der Waals surface area contributed by atoms with Gasteiger partial charge in [0.2, 0.25) is 17.7 Å². The summed E-state index contributed by atoms with van der Waals surface area (Å²) in [6.07, 6.45) is 2.15. The maximum atomic E-state index is 12.3. The predicted octanol–water partition coefficient (Wildman–Crippen LogP) is 7.85. The summed E-state index contributed by atoms with van der Waals surface area (Å²) in [5, 5.41) is 1.15. The first kappa shape index (κ1) is 36.8. The molecule has 3 fully saturated rings. The molecule has 4 heterocycles. The van der Waals surface area contributed by atoms with Crippen LogP contribution in [0.2, 0.25) is 10.0 Å². The van der Waals surface area contributed by atoms with Crippen molar-refractivity contribution in [1.29, 1.82) is 0 Å². The summed E-state index contributed by atoms with van der Waals surface area (Å²) >= 11 is 14.0. The highest BCUT2D eigenvalue weighted by Crippen LogP contribution is 2.45. The minimum atomic E-state index is -0.224. The fourth-order valence-electron chi connectivity index (χ4n) is 8.87. The van der Waals surface area contributed by atoms with Crippen LogP contribution >= 0.6 is 23.2 Å². The molecule has 1 amide bonds. The molecule has 8 rings (SSSR count). The van der Waals surface area contributed by atoms with Crippen LogP contribution in [-0.4, -0.2) is 84.5 Å². The Hall–Kier alpha value is -4.15. The highest BCUT2D eigenvalue weighted by atomic mass is 35.5. The van der Waals surface area contributed by atoms with Gasteiger partial charge in [-0.2, -0.15) is 4.98 Å². The zero-order valence-electron chi connectivity index (χ0n) is 31.1. The Kier molecular flexibility index (Phi) is 10.3. The number of pyridine rings is 1. The molecule has 1 aliphatic carbocycles. The van der Waals surface area contributed by atoms with E-state index in [1.807, 2.05) is 17.9 Å². The average molecular weight is 770 g/mol. The van der Waals surface area contributed by atoms with Crippen LogP contribution in [0.4, 0.5) is 0 Å². The van der Waals surface area contributed by atoms with E-state index in [9.17, 15) is 9.59 Å². The van der Waals surface area contributed by atoms with Crippen molar-refractivity contribution >= 4 is 35.1 Å². The van der Waals surface area contributed by atoms with Gasteiger partial charge >= 0.3 is 5.97 Å². The standard InChI is InChI=1S/C43H46Cl2N4O5/c1-4-53-42(51)30-17-18-47(21-30)22-31-19-37(44)41(46-40(31)52-3)54-38-16-15-34-33(8-6-9-35(34)38)36-10-5-7-32(39(36)45)29-13-11-28(12-14-29)20-48-23-43(24-48)25-49(26-43)27(2)50/h5-14,19,30,38H,4,15-18,20-26H2,1-3H3/t30-,38+/m1/s1. The maximum Gasteiger partial charge on any atom is 0.310 e. The topological polar surface area (TPSA) is 84.4 Å². The van der Waals surface area contributed by atoms with Crippen molar-refractivity contribution in [2.24, 2.45) is 11.3 Å². The Balaban J connectivity index is 0.944. The Morgan fingerprint density at radius 1 is 0.889 bits per heavy atom.